The number of benzene rings is 2. The lowest BCUT2D eigenvalue weighted by Gasteiger charge is -2.43. The molecule has 3 atom stereocenters. The third-order valence-electron chi connectivity index (χ3n) is 7.20. The number of nitrogens with zero attached hydrogens (tertiary/aromatic N) is 1. The van der Waals surface area contributed by atoms with Crippen LogP contribution >= 0.6 is 0 Å². The summed E-state index contributed by atoms with van der Waals surface area (Å²) in [6.45, 7) is 10.0. The van der Waals surface area contributed by atoms with Gasteiger partial charge >= 0.3 is 11.7 Å². The van der Waals surface area contributed by atoms with Crippen molar-refractivity contribution < 1.29 is 18.7 Å². The molecule has 0 amide bonds. The van der Waals surface area contributed by atoms with Gasteiger partial charge in [-0.2, -0.15) is 0 Å². The van der Waals surface area contributed by atoms with Crippen molar-refractivity contribution in [3.63, 3.8) is 0 Å². The number of ether oxygens (including phenoxy) is 2. The van der Waals surface area contributed by atoms with Crippen molar-refractivity contribution in [2.45, 2.75) is 58.4 Å². The number of rotatable bonds is 8. The number of esters is 1. The van der Waals surface area contributed by atoms with Gasteiger partial charge in [-0.15, -0.1) is 0 Å². The fraction of sp³-hybridized carbons (Fsp3) is 0.414. The summed E-state index contributed by atoms with van der Waals surface area (Å²) in [6.07, 6.45) is 0.902. The smallest absolute Gasteiger partial charge is 0.330 e. The van der Waals surface area contributed by atoms with E-state index in [9.17, 15) is 14.4 Å². The molecule has 4 rings (SSSR count). The van der Waals surface area contributed by atoms with Crippen molar-refractivity contribution in [1.82, 2.24) is 9.55 Å². The summed E-state index contributed by atoms with van der Waals surface area (Å²) in [5.41, 5.74) is -0.547. The van der Waals surface area contributed by atoms with E-state index in [1.807, 2.05) is 36.4 Å². The van der Waals surface area contributed by atoms with Crippen LogP contribution in [0.4, 0.5) is 0 Å². The number of nitrogens with one attached hydrogen (secondary N) is 1. The molecule has 1 fully saturated rings. The van der Waals surface area contributed by atoms with E-state index in [2.05, 4.69) is 50.0 Å². The highest BCUT2D eigenvalue weighted by Crippen LogP contribution is 2.39. The molecule has 0 spiro atoms. The minimum Gasteiger partial charge on any atom is -0.465 e. The zero-order valence-corrected chi connectivity index (χ0v) is 23.6. The number of carbonyl (C=O) groups excluding carboxylic acids is 1. The van der Waals surface area contributed by atoms with Crippen LogP contribution in [0.15, 0.2) is 76.4 Å². The van der Waals surface area contributed by atoms with Crippen molar-refractivity contribution in [2.24, 2.45) is 5.92 Å². The minimum absolute atomic E-state index is 0.150. The van der Waals surface area contributed by atoms with Gasteiger partial charge in [0.25, 0.3) is 13.9 Å². The van der Waals surface area contributed by atoms with Gasteiger partial charge in [-0.25, -0.2) is 4.79 Å². The molecule has 0 saturated carbocycles. The zero-order chi connectivity index (χ0) is 27.5. The predicted octanol–water partition coefficient (Wildman–Crippen LogP) is 2.89. The molecule has 0 aliphatic carbocycles. The van der Waals surface area contributed by atoms with Gasteiger partial charge in [0.1, 0.15) is 6.23 Å². The molecule has 0 unspecified atom stereocenters. The molecule has 9 heteroatoms. The molecule has 202 valence electrons. The number of H-pyrrole nitrogens is 1. The second-order valence-electron chi connectivity index (χ2n) is 10.9. The maximum absolute atomic E-state index is 12.6. The molecule has 1 saturated heterocycles. The van der Waals surface area contributed by atoms with E-state index < -0.39 is 31.9 Å². The molecule has 1 N–H and O–H groups in total. The fourth-order valence-electron chi connectivity index (χ4n) is 5.30. The quantitative estimate of drug-likeness (QED) is 0.351. The maximum Gasteiger partial charge on any atom is 0.330 e. The van der Waals surface area contributed by atoms with Gasteiger partial charge in [0.05, 0.1) is 19.3 Å². The van der Waals surface area contributed by atoms with Crippen LogP contribution in [0.25, 0.3) is 0 Å². The van der Waals surface area contributed by atoms with E-state index in [4.69, 9.17) is 13.9 Å². The highest BCUT2D eigenvalue weighted by molar-refractivity contribution is 6.99. The summed E-state index contributed by atoms with van der Waals surface area (Å²) in [5, 5.41) is 2.08. The van der Waals surface area contributed by atoms with Gasteiger partial charge in [-0.05, 0) is 22.3 Å². The molecule has 1 aliphatic rings. The second-order valence-corrected chi connectivity index (χ2v) is 15.2. The van der Waals surface area contributed by atoms with Crippen LogP contribution in [0, 0.1) is 12.8 Å². The van der Waals surface area contributed by atoms with E-state index in [-0.39, 0.29) is 30.1 Å². The van der Waals surface area contributed by atoms with Crippen LogP contribution in [-0.4, -0.2) is 43.2 Å². The first-order chi connectivity index (χ1) is 18.0. The summed E-state index contributed by atoms with van der Waals surface area (Å²) in [4.78, 5) is 38.5. The number of aromatic nitrogens is 2. The summed E-state index contributed by atoms with van der Waals surface area (Å²) < 4.78 is 20.2. The van der Waals surface area contributed by atoms with Crippen LogP contribution in [0.2, 0.25) is 5.04 Å². The molecule has 2 aromatic carbocycles. The topological polar surface area (TPSA) is 99.6 Å². The summed E-state index contributed by atoms with van der Waals surface area (Å²) >= 11 is 0. The van der Waals surface area contributed by atoms with E-state index in [0.717, 1.165) is 10.4 Å². The standard InChI is InChI=1S/C29H36N2O6Si/c1-20-17-31(28(34)30-27(20)33)26-16-22(18-35-21(2)32)25(37-26)19-36-38(29(3,4)5,23-12-8-6-9-13-23)24-14-10-7-11-15-24/h6-15,17,22,25-26H,16,18-19H2,1-5H3,(H,30,33,34)/t22-,25-,26-/m1/s1. The van der Waals surface area contributed by atoms with Crippen molar-refractivity contribution in [1.29, 1.82) is 0 Å². The van der Waals surface area contributed by atoms with Crippen molar-refractivity contribution in [3.05, 3.63) is 93.3 Å². The summed E-state index contributed by atoms with van der Waals surface area (Å²) in [5.74, 6) is -0.571. The normalized spacial score (nSPS) is 19.9. The van der Waals surface area contributed by atoms with Gasteiger partial charge < -0.3 is 13.9 Å². The zero-order valence-electron chi connectivity index (χ0n) is 22.6. The number of carbonyl (C=O) groups is 1. The van der Waals surface area contributed by atoms with E-state index >= 15 is 0 Å². The molecule has 1 aromatic heterocycles. The van der Waals surface area contributed by atoms with Gasteiger partial charge in [-0.1, -0.05) is 81.4 Å². The number of aromatic amines is 1. The molecular formula is C29H36N2O6Si. The third kappa shape index (κ3) is 5.60. The third-order valence-corrected chi connectivity index (χ3v) is 12.2. The average Bonchev–Trinajstić information content (AvgIpc) is 3.28. The lowest BCUT2D eigenvalue weighted by Crippen LogP contribution is -2.67. The van der Waals surface area contributed by atoms with Crippen molar-refractivity contribution in [2.75, 3.05) is 13.2 Å². The van der Waals surface area contributed by atoms with Crippen LogP contribution in [-0.2, 0) is 18.7 Å². The molecule has 38 heavy (non-hydrogen) atoms. The van der Waals surface area contributed by atoms with Crippen LogP contribution in [0.3, 0.4) is 0 Å². The number of hydrogen-bond acceptors (Lipinski definition) is 6. The first-order valence-electron chi connectivity index (χ1n) is 12.9. The number of hydrogen-bond donors (Lipinski definition) is 1. The van der Waals surface area contributed by atoms with Gasteiger partial charge in [0.15, 0.2) is 0 Å². The Morgan fingerprint density at radius 3 is 2.13 bits per heavy atom. The highest BCUT2D eigenvalue weighted by atomic mass is 28.4. The highest BCUT2D eigenvalue weighted by Gasteiger charge is 2.51. The predicted molar refractivity (Wildman–Crippen MR) is 148 cm³/mol. The SMILES string of the molecule is CC(=O)OC[C@H]1C[C@H](n2cc(C)c(=O)[nH]c2=O)O[C@@H]1CO[Si](c1ccccc1)(c1ccccc1)C(C)(C)C. The van der Waals surface area contributed by atoms with E-state index in [1.54, 1.807) is 6.92 Å². The van der Waals surface area contributed by atoms with E-state index in [0.29, 0.717) is 12.0 Å². The largest absolute Gasteiger partial charge is 0.465 e. The minimum atomic E-state index is -2.82. The van der Waals surface area contributed by atoms with Crippen LogP contribution < -0.4 is 21.6 Å². The molecular weight excluding hydrogens is 500 g/mol. The van der Waals surface area contributed by atoms with E-state index in [1.165, 1.54) is 17.7 Å². The lowest BCUT2D eigenvalue weighted by atomic mass is 10.0. The Morgan fingerprint density at radius 1 is 1.03 bits per heavy atom. The maximum atomic E-state index is 12.6. The Labute approximate surface area is 223 Å². The van der Waals surface area contributed by atoms with Gasteiger partial charge in [0.2, 0.25) is 0 Å². The Balaban J connectivity index is 1.70. The summed E-state index contributed by atoms with van der Waals surface area (Å²) in [7, 11) is -2.82. The molecule has 0 radical (unpaired) electrons. The van der Waals surface area contributed by atoms with Crippen LogP contribution in [0.5, 0.6) is 0 Å². The second kappa shape index (κ2) is 11.2. The summed E-state index contributed by atoms with van der Waals surface area (Å²) in [6, 6.07) is 20.6. The van der Waals surface area contributed by atoms with Crippen LogP contribution in [0.1, 0.15) is 45.9 Å². The van der Waals surface area contributed by atoms with Crippen molar-refractivity contribution in [3.8, 4) is 0 Å². The Hall–Kier alpha value is -3.27. The molecule has 1 aliphatic heterocycles. The molecule has 0 bridgehead atoms. The molecule has 8 nitrogen and oxygen atoms in total. The first-order valence-corrected chi connectivity index (χ1v) is 14.8. The van der Waals surface area contributed by atoms with Gasteiger partial charge in [0, 0.05) is 31.0 Å². The number of aryl methyl sites for hydroxylation is 1. The van der Waals surface area contributed by atoms with Gasteiger partial charge in [-0.3, -0.25) is 19.1 Å². The average molecular weight is 537 g/mol. The molecule has 2 heterocycles. The van der Waals surface area contributed by atoms with Crippen molar-refractivity contribution >= 4 is 24.7 Å². The lowest BCUT2D eigenvalue weighted by molar-refractivity contribution is -0.143. The Morgan fingerprint density at radius 2 is 1.61 bits per heavy atom. The fourth-order valence-corrected chi connectivity index (χ4v) is 9.87. The first kappa shape index (κ1) is 27.8. The molecule has 3 aromatic rings. The Kier molecular flexibility index (Phi) is 8.20. The Bertz CT molecular complexity index is 1320. The monoisotopic (exact) mass is 536 g/mol.